The van der Waals surface area contributed by atoms with Crippen molar-refractivity contribution < 1.29 is 19.1 Å². The highest BCUT2D eigenvalue weighted by Gasteiger charge is 2.39. The van der Waals surface area contributed by atoms with Crippen LogP contribution < -0.4 is 5.73 Å². The number of halogens is 1. The molecule has 1 atom stereocenters. The maximum absolute atomic E-state index is 12.6. The summed E-state index contributed by atoms with van der Waals surface area (Å²) in [5.41, 5.74) is 3.93. The molecule has 1 rings (SSSR count). The number of carbonyl (C=O) groups is 2. The first-order valence-corrected chi connectivity index (χ1v) is 4.64. The molecule has 0 aliphatic carbocycles. The van der Waals surface area contributed by atoms with E-state index < -0.39 is 23.1 Å². The highest BCUT2D eigenvalue weighted by atomic mass is 19.1. The summed E-state index contributed by atoms with van der Waals surface area (Å²) in [6.45, 7) is 1.25. The largest absolute Gasteiger partial charge is 0.480 e. The van der Waals surface area contributed by atoms with Gasteiger partial charge in [-0.25, -0.2) is 4.39 Å². The second-order valence-electron chi connectivity index (χ2n) is 3.80. The standard InChI is InChI=1S/C11H12FNO3/c1-11(9(13)14,10(15)16)6-7-2-4-8(12)5-3-7/h2-5H,6H2,1H3,(H2,13,14)(H,15,16). The number of aliphatic carboxylic acids is 1. The molecule has 0 saturated carbocycles. The van der Waals surface area contributed by atoms with Gasteiger partial charge in [0.2, 0.25) is 5.91 Å². The van der Waals surface area contributed by atoms with Crippen molar-refractivity contribution in [3.05, 3.63) is 35.6 Å². The second kappa shape index (κ2) is 4.30. The minimum atomic E-state index is -1.67. The first-order valence-electron chi connectivity index (χ1n) is 4.64. The smallest absolute Gasteiger partial charge is 0.319 e. The quantitative estimate of drug-likeness (QED) is 0.748. The van der Waals surface area contributed by atoms with Gasteiger partial charge in [-0.2, -0.15) is 0 Å². The van der Waals surface area contributed by atoms with Gasteiger partial charge in [0.15, 0.2) is 0 Å². The van der Waals surface area contributed by atoms with Gasteiger partial charge in [-0.1, -0.05) is 12.1 Å². The van der Waals surface area contributed by atoms with Gasteiger partial charge in [0.05, 0.1) is 0 Å². The van der Waals surface area contributed by atoms with Crippen LogP contribution in [0, 0.1) is 11.2 Å². The summed E-state index contributed by atoms with van der Waals surface area (Å²) in [5.74, 6) is -2.62. The van der Waals surface area contributed by atoms with E-state index in [0.29, 0.717) is 5.56 Å². The van der Waals surface area contributed by atoms with Gasteiger partial charge in [0.1, 0.15) is 11.2 Å². The fraction of sp³-hybridized carbons (Fsp3) is 0.273. The molecule has 0 aliphatic heterocycles. The number of carboxylic acids is 1. The Morgan fingerprint density at radius 1 is 1.38 bits per heavy atom. The van der Waals surface area contributed by atoms with E-state index in [1.54, 1.807) is 0 Å². The van der Waals surface area contributed by atoms with E-state index in [1.807, 2.05) is 0 Å². The fourth-order valence-electron chi connectivity index (χ4n) is 1.28. The maximum atomic E-state index is 12.6. The average molecular weight is 225 g/mol. The Hall–Kier alpha value is -1.91. The van der Waals surface area contributed by atoms with Crippen LogP contribution in [0.5, 0.6) is 0 Å². The van der Waals surface area contributed by atoms with Gasteiger partial charge in [-0.3, -0.25) is 9.59 Å². The summed E-state index contributed by atoms with van der Waals surface area (Å²) >= 11 is 0. The van der Waals surface area contributed by atoms with E-state index in [2.05, 4.69) is 0 Å². The molecule has 16 heavy (non-hydrogen) atoms. The van der Waals surface area contributed by atoms with Crippen LogP contribution in [-0.2, 0) is 16.0 Å². The number of carboxylic acid groups (broad SMARTS) is 1. The van der Waals surface area contributed by atoms with Crippen LogP contribution in [0.2, 0.25) is 0 Å². The highest BCUT2D eigenvalue weighted by molar-refractivity contribution is 6.00. The van der Waals surface area contributed by atoms with Gasteiger partial charge >= 0.3 is 5.97 Å². The van der Waals surface area contributed by atoms with E-state index >= 15 is 0 Å². The van der Waals surface area contributed by atoms with Crippen molar-refractivity contribution in [2.24, 2.45) is 11.1 Å². The maximum Gasteiger partial charge on any atom is 0.319 e. The average Bonchev–Trinajstić information content (AvgIpc) is 2.20. The molecular formula is C11H12FNO3. The molecule has 1 unspecified atom stereocenters. The lowest BCUT2D eigenvalue weighted by Crippen LogP contribution is -2.43. The Kier molecular flexibility index (Phi) is 3.27. The Bertz CT molecular complexity index is 400. The van der Waals surface area contributed by atoms with E-state index in [0.717, 1.165) is 0 Å². The molecule has 0 saturated heterocycles. The Balaban J connectivity index is 2.97. The molecule has 1 amide bonds. The molecule has 86 valence electrons. The lowest BCUT2D eigenvalue weighted by atomic mass is 9.83. The number of rotatable bonds is 4. The zero-order chi connectivity index (χ0) is 12.3. The molecule has 0 aliphatic rings. The zero-order valence-corrected chi connectivity index (χ0v) is 8.74. The lowest BCUT2D eigenvalue weighted by molar-refractivity contribution is -0.153. The SMILES string of the molecule is CC(Cc1ccc(F)cc1)(C(N)=O)C(=O)O. The molecule has 4 nitrogen and oxygen atoms in total. The van der Waals surface area contributed by atoms with Crippen molar-refractivity contribution in [3.63, 3.8) is 0 Å². The Morgan fingerprint density at radius 2 is 1.88 bits per heavy atom. The van der Waals surface area contributed by atoms with Gasteiger partial charge in [-0.05, 0) is 31.0 Å². The van der Waals surface area contributed by atoms with Crippen molar-refractivity contribution in [3.8, 4) is 0 Å². The van der Waals surface area contributed by atoms with Crippen LogP contribution in [0.1, 0.15) is 12.5 Å². The fourth-order valence-corrected chi connectivity index (χ4v) is 1.28. The molecule has 0 spiro atoms. The number of hydrogen-bond donors (Lipinski definition) is 2. The molecule has 1 aromatic carbocycles. The summed E-state index contributed by atoms with van der Waals surface area (Å²) in [7, 11) is 0. The third kappa shape index (κ3) is 2.36. The third-order valence-corrected chi connectivity index (χ3v) is 2.49. The molecule has 0 bridgehead atoms. The molecular weight excluding hydrogens is 213 g/mol. The minimum Gasteiger partial charge on any atom is -0.480 e. The normalized spacial score (nSPS) is 14.1. The van der Waals surface area contributed by atoms with Crippen LogP contribution in [0.15, 0.2) is 24.3 Å². The van der Waals surface area contributed by atoms with Crippen LogP contribution in [-0.4, -0.2) is 17.0 Å². The summed E-state index contributed by atoms with van der Waals surface area (Å²) in [4.78, 5) is 22.1. The van der Waals surface area contributed by atoms with Crippen LogP contribution in [0.25, 0.3) is 0 Å². The predicted octanol–water partition coefficient (Wildman–Crippen LogP) is 0.944. The van der Waals surface area contributed by atoms with Crippen molar-refractivity contribution in [1.82, 2.24) is 0 Å². The first-order chi connectivity index (χ1) is 7.36. The summed E-state index contributed by atoms with van der Waals surface area (Å²) in [5, 5.41) is 8.94. The molecule has 1 aromatic rings. The van der Waals surface area contributed by atoms with Crippen molar-refractivity contribution in [2.45, 2.75) is 13.3 Å². The number of amides is 1. The Morgan fingerprint density at radius 3 is 2.25 bits per heavy atom. The number of nitrogens with two attached hydrogens (primary N) is 1. The summed E-state index contributed by atoms with van der Waals surface area (Å²) in [6.07, 6.45) is -0.0576. The van der Waals surface area contributed by atoms with Crippen molar-refractivity contribution in [1.29, 1.82) is 0 Å². The van der Waals surface area contributed by atoms with Crippen LogP contribution >= 0.6 is 0 Å². The predicted molar refractivity (Wildman–Crippen MR) is 55.0 cm³/mol. The van der Waals surface area contributed by atoms with E-state index in [9.17, 15) is 14.0 Å². The summed E-state index contributed by atoms with van der Waals surface area (Å²) in [6, 6.07) is 5.27. The molecule has 0 fully saturated rings. The topological polar surface area (TPSA) is 80.4 Å². The molecule has 0 radical (unpaired) electrons. The van der Waals surface area contributed by atoms with Gasteiger partial charge in [0.25, 0.3) is 0 Å². The van der Waals surface area contributed by atoms with E-state index in [1.165, 1.54) is 31.2 Å². The first kappa shape index (κ1) is 12.2. The number of hydrogen-bond acceptors (Lipinski definition) is 2. The minimum absolute atomic E-state index is 0.0576. The molecule has 0 heterocycles. The van der Waals surface area contributed by atoms with Crippen molar-refractivity contribution in [2.75, 3.05) is 0 Å². The van der Waals surface area contributed by atoms with Crippen molar-refractivity contribution >= 4 is 11.9 Å². The van der Waals surface area contributed by atoms with Gasteiger partial charge in [0, 0.05) is 0 Å². The van der Waals surface area contributed by atoms with Crippen LogP contribution in [0.3, 0.4) is 0 Å². The lowest BCUT2D eigenvalue weighted by Gasteiger charge is -2.20. The van der Waals surface area contributed by atoms with Gasteiger partial charge < -0.3 is 10.8 Å². The summed E-state index contributed by atoms with van der Waals surface area (Å²) < 4.78 is 12.6. The van der Waals surface area contributed by atoms with Crippen LogP contribution in [0.4, 0.5) is 4.39 Å². The number of carbonyl (C=O) groups excluding carboxylic acids is 1. The van der Waals surface area contributed by atoms with E-state index in [4.69, 9.17) is 10.8 Å². The third-order valence-electron chi connectivity index (χ3n) is 2.49. The second-order valence-corrected chi connectivity index (χ2v) is 3.80. The van der Waals surface area contributed by atoms with E-state index in [-0.39, 0.29) is 6.42 Å². The molecule has 0 aromatic heterocycles. The monoisotopic (exact) mass is 225 g/mol. The molecule has 3 N–H and O–H groups in total. The Labute approximate surface area is 91.9 Å². The number of benzene rings is 1. The zero-order valence-electron chi connectivity index (χ0n) is 8.74. The molecule has 5 heteroatoms. The van der Waals surface area contributed by atoms with Gasteiger partial charge in [-0.15, -0.1) is 0 Å². The highest BCUT2D eigenvalue weighted by Crippen LogP contribution is 2.22. The number of primary amides is 1.